The zero-order chi connectivity index (χ0) is 21.2. The average molecular weight is 408 g/mol. The first-order valence-electron chi connectivity index (χ1n) is 9.82. The normalized spacial score (nSPS) is 26.4. The SMILES string of the molecule is C[C@]1(O)COC2(CCN(C(=O)CCCC(=O)O)CC2)C[C@@H]1n1ccc(N)nc1=O. The minimum Gasteiger partial charge on any atom is -0.481 e. The van der Waals surface area contributed by atoms with Gasteiger partial charge in [-0.2, -0.15) is 4.98 Å². The van der Waals surface area contributed by atoms with E-state index < -0.39 is 28.9 Å². The van der Waals surface area contributed by atoms with Gasteiger partial charge in [0.2, 0.25) is 5.91 Å². The number of anilines is 1. The van der Waals surface area contributed by atoms with Gasteiger partial charge in [0, 0.05) is 38.5 Å². The molecule has 0 aromatic carbocycles. The Bertz CT molecular complexity index is 828. The van der Waals surface area contributed by atoms with Crippen molar-refractivity contribution < 1.29 is 24.5 Å². The molecular weight excluding hydrogens is 380 g/mol. The first-order chi connectivity index (χ1) is 13.6. The highest BCUT2D eigenvalue weighted by Gasteiger charge is 2.49. The molecule has 2 atom stereocenters. The second kappa shape index (κ2) is 8.11. The molecule has 160 valence electrons. The van der Waals surface area contributed by atoms with E-state index in [9.17, 15) is 19.5 Å². The van der Waals surface area contributed by atoms with Crippen LogP contribution < -0.4 is 11.4 Å². The van der Waals surface area contributed by atoms with Crippen LogP contribution in [0.2, 0.25) is 0 Å². The zero-order valence-electron chi connectivity index (χ0n) is 16.5. The topological polar surface area (TPSA) is 148 Å². The molecule has 29 heavy (non-hydrogen) atoms. The predicted molar refractivity (Wildman–Crippen MR) is 103 cm³/mol. The zero-order valence-corrected chi connectivity index (χ0v) is 16.5. The third kappa shape index (κ3) is 4.76. The Hall–Kier alpha value is -2.46. The number of nitrogens with zero attached hydrogens (tertiary/aromatic N) is 3. The number of nitrogen functional groups attached to an aromatic ring is 1. The van der Waals surface area contributed by atoms with E-state index in [-0.39, 0.29) is 31.2 Å². The highest BCUT2D eigenvalue weighted by atomic mass is 16.5. The highest BCUT2D eigenvalue weighted by Crippen LogP contribution is 2.43. The minimum atomic E-state index is -1.24. The van der Waals surface area contributed by atoms with Crippen LogP contribution in [0.5, 0.6) is 0 Å². The van der Waals surface area contributed by atoms with E-state index in [0.717, 1.165) is 0 Å². The largest absolute Gasteiger partial charge is 0.481 e. The summed E-state index contributed by atoms with van der Waals surface area (Å²) in [6, 6.07) is 1.01. The van der Waals surface area contributed by atoms with Gasteiger partial charge in [0.25, 0.3) is 0 Å². The number of hydrogen-bond acceptors (Lipinski definition) is 7. The fourth-order valence-electron chi connectivity index (χ4n) is 4.15. The number of nitrogens with two attached hydrogens (primary N) is 1. The number of carbonyl (C=O) groups excluding carboxylic acids is 1. The van der Waals surface area contributed by atoms with Gasteiger partial charge in [-0.1, -0.05) is 0 Å². The van der Waals surface area contributed by atoms with Crippen molar-refractivity contribution in [1.29, 1.82) is 0 Å². The Labute approximate surface area is 168 Å². The van der Waals surface area contributed by atoms with Crippen molar-refractivity contribution in [3.8, 4) is 0 Å². The van der Waals surface area contributed by atoms with Crippen LogP contribution in [0.25, 0.3) is 0 Å². The van der Waals surface area contributed by atoms with Crippen molar-refractivity contribution in [3.63, 3.8) is 0 Å². The van der Waals surface area contributed by atoms with Gasteiger partial charge < -0.3 is 25.6 Å². The van der Waals surface area contributed by atoms with Gasteiger partial charge in [-0.3, -0.25) is 14.2 Å². The quantitative estimate of drug-likeness (QED) is 0.624. The maximum atomic E-state index is 12.3. The molecule has 0 aliphatic carbocycles. The van der Waals surface area contributed by atoms with Crippen molar-refractivity contribution in [2.45, 2.75) is 62.7 Å². The lowest BCUT2D eigenvalue weighted by molar-refractivity contribution is -0.202. The Morgan fingerprint density at radius 2 is 2.03 bits per heavy atom. The molecule has 2 aliphatic heterocycles. The summed E-state index contributed by atoms with van der Waals surface area (Å²) in [4.78, 5) is 40.7. The number of carbonyl (C=O) groups is 2. The molecule has 3 rings (SSSR count). The summed E-state index contributed by atoms with van der Waals surface area (Å²) in [7, 11) is 0. The van der Waals surface area contributed by atoms with Gasteiger partial charge in [0.15, 0.2) is 0 Å². The number of piperidine rings is 1. The number of aliphatic carboxylic acids is 1. The molecule has 0 unspecified atom stereocenters. The van der Waals surface area contributed by atoms with Crippen LogP contribution >= 0.6 is 0 Å². The molecule has 1 amide bonds. The van der Waals surface area contributed by atoms with Crippen LogP contribution in [0.15, 0.2) is 17.1 Å². The maximum absolute atomic E-state index is 12.3. The second-order valence-electron chi connectivity index (χ2n) is 8.22. The van der Waals surface area contributed by atoms with E-state index in [2.05, 4.69) is 4.98 Å². The number of carboxylic acids is 1. The Morgan fingerprint density at radius 1 is 1.34 bits per heavy atom. The van der Waals surface area contributed by atoms with Gasteiger partial charge in [0.05, 0.1) is 18.2 Å². The smallest absolute Gasteiger partial charge is 0.349 e. The third-order valence-corrected chi connectivity index (χ3v) is 5.95. The van der Waals surface area contributed by atoms with Crippen molar-refractivity contribution in [2.24, 2.45) is 0 Å². The number of carboxylic acid groups (broad SMARTS) is 1. The summed E-state index contributed by atoms with van der Waals surface area (Å²) >= 11 is 0. The van der Waals surface area contributed by atoms with E-state index in [1.165, 1.54) is 10.6 Å². The maximum Gasteiger partial charge on any atom is 0.349 e. The molecule has 0 bridgehead atoms. The Morgan fingerprint density at radius 3 is 2.66 bits per heavy atom. The number of aromatic nitrogens is 2. The van der Waals surface area contributed by atoms with E-state index >= 15 is 0 Å². The fraction of sp³-hybridized carbons (Fsp3) is 0.684. The molecular formula is C19H28N4O6. The van der Waals surface area contributed by atoms with Crippen LogP contribution in [0, 0.1) is 0 Å². The summed E-state index contributed by atoms with van der Waals surface area (Å²) < 4.78 is 7.46. The predicted octanol–water partition coefficient (Wildman–Crippen LogP) is 0.154. The summed E-state index contributed by atoms with van der Waals surface area (Å²) in [5.74, 6) is -0.835. The molecule has 1 aromatic heterocycles. The number of rotatable bonds is 5. The standard InChI is InChI=1S/C19H28N4O6/c1-18(28)12-29-19(11-13(18)23-8-5-14(20)21-17(23)27)6-9-22(10-7-19)15(24)3-2-4-16(25)26/h5,8,13,28H,2-4,6-7,9-12H2,1H3,(H,25,26)(H2,20,21,27)/t13-,18-/m0/s1. The lowest BCUT2D eigenvalue weighted by Gasteiger charge is -2.51. The number of likely N-dealkylation sites (tertiary alicyclic amines) is 1. The van der Waals surface area contributed by atoms with Crippen LogP contribution in [-0.2, 0) is 14.3 Å². The van der Waals surface area contributed by atoms with Crippen LogP contribution in [0.4, 0.5) is 5.82 Å². The Balaban J connectivity index is 1.67. The average Bonchev–Trinajstić information content (AvgIpc) is 2.65. The summed E-state index contributed by atoms with van der Waals surface area (Å²) in [6.07, 6.45) is 3.65. The van der Waals surface area contributed by atoms with Gasteiger partial charge in [-0.05, 0) is 32.3 Å². The molecule has 0 saturated carbocycles. The molecule has 1 spiro atoms. The number of ether oxygens (including phenoxy) is 1. The lowest BCUT2D eigenvalue weighted by Crippen LogP contribution is -2.58. The van der Waals surface area contributed by atoms with E-state index in [1.54, 1.807) is 18.0 Å². The van der Waals surface area contributed by atoms with Gasteiger partial charge in [-0.15, -0.1) is 0 Å². The Kier molecular flexibility index (Phi) is 5.95. The summed E-state index contributed by atoms with van der Waals surface area (Å²) in [5, 5.41) is 19.5. The van der Waals surface area contributed by atoms with E-state index in [1.807, 2.05) is 0 Å². The molecule has 2 saturated heterocycles. The molecule has 1 aromatic rings. The minimum absolute atomic E-state index is 0.0201. The van der Waals surface area contributed by atoms with Gasteiger partial charge in [0.1, 0.15) is 11.4 Å². The molecule has 0 radical (unpaired) electrons. The van der Waals surface area contributed by atoms with Gasteiger partial charge in [-0.25, -0.2) is 4.79 Å². The lowest BCUT2D eigenvalue weighted by atomic mass is 9.77. The highest BCUT2D eigenvalue weighted by molar-refractivity contribution is 5.77. The molecule has 2 aliphatic rings. The summed E-state index contributed by atoms with van der Waals surface area (Å²) in [6.45, 7) is 2.70. The van der Waals surface area contributed by atoms with Crippen LogP contribution in [0.1, 0.15) is 51.5 Å². The van der Waals surface area contributed by atoms with Crippen molar-refractivity contribution in [2.75, 3.05) is 25.4 Å². The molecule has 3 heterocycles. The third-order valence-electron chi connectivity index (χ3n) is 5.95. The van der Waals surface area contributed by atoms with Crippen LogP contribution in [-0.4, -0.2) is 67.4 Å². The monoisotopic (exact) mass is 408 g/mol. The van der Waals surface area contributed by atoms with Crippen molar-refractivity contribution in [3.05, 3.63) is 22.7 Å². The van der Waals surface area contributed by atoms with Crippen LogP contribution in [0.3, 0.4) is 0 Å². The number of hydrogen-bond donors (Lipinski definition) is 3. The first-order valence-corrected chi connectivity index (χ1v) is 9.82. The molecule has 4 N–H and O–H groups in total. The fourth-order valence-corrected chi connectivity index (χ4v) is 4.15. The van der Waals surface area contributed by atoms with E-state index in [0.29, 0.717) is 38.8 Å². The second-order valence-corrected chi connectivity index (χ2v) is 8.22. The molecule has 2 fully saturated rings. The van der Waals surface area contributed by atoms with Crippen molar-refractivity contribution >= 4 is 17.7 Å². The number of aliphatic hydroxyl groups is 1. The summed E-state index contributed by atoms with van der Waals surface area (Å²) in [5.41, 5.74) is 3.28. The molecule has 10 heteroatoms. The number of amides is 1. The molecule has 10 nitrogen and oxygen atoms in total. The van der Waals surface area contributed by atoms with E-state index in [4.69, 9.17) is 15.6 Å². The first kappa shape index (κ1) is 21.3. The van der Waals surface area contributed by atoms with Crippen molar-refractivity contribution in [1.82, 2.24) is 14.5 Å². The van der Waals surface area contributed by atoms with Gasteiger partial charge >= 0.3 is 11.7 Å².